The number of nitrogens with one attached hydrogen (secondary N) is 1. The molecule has 0 aromatic heterocycles. The van der Waals surface area contributed by atoms with E-state index in [9.17, 15) is 9.59 Å². The summed E-state index contributed by atoms with van der Waals surface area (Å²) in [6.07, 6.45) is 2.12. The van der Waals surface area contributed by atoms with E-state index >= 15 is 0 Å². The molecule has 1 N–H and O–H groups in total. The largest absolute Gasteiger partial charge is 0.484 e. The second-order valence-electron chi connectivity index (χ2n) is 8.06. The first-order valence-corrected chi connectivity index (χ1v) is 8.99. The van der Waals surface area contributed by atoms with Crippen molar-refractivity contribution in [2.24, 2.45) is 5.41 Å². The van der Waals surface area contributed by atoms with Gasteiger partial charge in [0.25, 0.3) is 5.91 Å². The van der Waals surface area contributed by atoms with Gasteiger partial charge in [-0.1, -0.05) is 38.5 Å². The minimum Gasteiger partial charge on any atom is -0.484 e. The molecule has 0 spiro atoms. The van der Waals surface area contributed by atoms with Crippen molar-refractivity contribution in [3.05, 3.63) is 29.8 Å². The molecule has 5 heteroatoms. The Hall–Kier alpha value is -2.04. The van der Waals surface area contributed by atoms with Gasteiger partial charge in [0.15, 0.2) is 6.61 Å². The highest BCUT2D eigenvalue weighted by molar-refractivity contribution is 5.78. The van der Waals surface area contributed by atoms with Gasteiger partial charge >= 0.3 is 0 Å². The van der Waals surface area contributed by atoms with Crippen LogP contribution in [-0.4, -0.2) is 42.5 Å². The number of likely N-dealkylation sites (tertiary alicyclic amines) is 1. The summed E-state index contributed by atoms with van der Waals surface area (Å²) in [7, 11) is 0. The van der Waals surface area contributed by atoms with E-state index in [0.29, 0.717) is 25.3 Å². The van der Waals surface area contributed by atoms with Gasteiger partial charge in [0.2, 0.25) is 5.91 Å². The summed E-state index contributed by atoms with van der Waals surface area (Å²) in [6.45, 7) is 9.57. The van der Waals surface area contributed by atoms with Crippen LogP contribution in [0.4, 0.5) is 0 Å². The molecule has 0 radical (unpaired) electrons. The highest BCUT2D eigenvalue weighted by Gasteiger charge is 2.25. The second-order valence-corrected chi connectivity index (χ2v) is 8.06. The topological polar surface area (TPSA) is 58.6 Å². The third-order valence-electron chi connectivity index (χ3n) is 4.29. The summed E-state index contributed by atoms with van der Waals surface area (Å²) in [5.41, 5.74) is 1.16. The third-order valence-corrected chi connectivity index (χ3v) is 4.29. The van der Waals surface area contributed by atoms with Crippen LogP contribution in [0.1, 0.15) is 45.6 Å². The predicted molar refractivity (Wildman–Crippen MR) is 98.5 cm³/mol. The van der Waals surface area contributed by atoms with Crippen LogP contribution in [0.5, 0.6) is 5.75 Å². The van der Waals surface area contributed by atoms with Crippen LogP contribution in [0, 0.1) is 12.3 Å². The highest BCUT2D eigenvalue weighted by Crippen LogP contribution is 2.19. The summed E-state index contributed by atoms with van der Waals surface area (Å²) in [4.78, 5) is 26.1. The number of hydrogen-bond donors (Lipinski definition) is 1. The van der Waals surface area contributed by atoms with Gasteiger partial charge in [-0.3, -0.25) is 9.59 Å². The van der Waals surface area contributed by atoms with Gasteiger partial charge in [0, 0.05) is 25.6 Å². The lowest BCUT2D eigenvalue weighted by atomic mass is 9.91. The van der Waals surface area contributed by atoms with Gasteiger partial charge in [0.05, 0.1) is 0 Å². The van der Waals surface area contributed by atoms with E-state index in [2.05, 4.69) is 26.1 Å². The molecule has 1 aliphatic rings. The van der Waals surface area contributed by atoms with Crippen molar-refractivity contribution in [1.29, 1.82) is 0 Å². The lowest BCUT2D eigenvalue weighted by Crippen LogP contribution is -2.48. The maximum atomic E-state index is 12.3. The van der Waals surface area contributed by atoms with E-state index in [1.54, 1.807) is 0 Å². The zero-order valence-corrected chi connectivity index (χ0v) is 15.8. The maximum absolute atomic E-state index is 12.3. The van der Waals surface area contributed by atoms with Gasteiger partial charge in [0.1, 0.15) is 5.75 Å². The zero-order chi connectivity index (χ0) is 18.4. The fourth-order valence-corrected chi connectivity index (χ4v) is 2.90. The molecule has 0 saturated carbocycles. The Morgan fingerprint density at radius 1 is 1.16 bits per heavy atom. The molecule has 1 heterocycles. The molecule has 1 fully saturated rings. The van der Waals surface area contributed by atoms with Crippen molar-refractivity contribution < 1.29 is 14.3 Å². The first-order chi connectivity index (χ1) is 11.7. The number of amides is 2. The molecule has 0 unspecified atom stereocenters. The molecule has 1 aromatic carbocycles. The minimum absolute atomic E-state index is 0.0000399. The molecule has 1 saturated heterocycles. The molecule has 25 heavy (non-hydrogen) atoms. The first kappa shape index (κ1) is 19.3. The van der Waals surface area contributed by atoms with E-state index in [1.807, 2.05) is 36.1 Å². The number of aryl methyl sites for hydroxylation is 1. The number of piperidine rings is 1. The average molecular weight is 346 g/mol. The van der Waals surface area contributed by atoms with Crippen molar-refractivity contribution in [2.45, 2.75) is 53.0 Å². The lowest BCUT2D eigenvalue weighted by molar-refractivity contribution is -0.134. The number of carbonyl (C=O) groups excluding carboxylic acids is 2. The molecule has 138 valence electrons. The molecular weight excluding hydrogens is 316 g/mol. The van der Waals surface area contributed by atoms with Crippen molar-refractivity contribution in [3.63, 3.8) is 0 Å². The Morgan fingerprint density at radius 2 is 1.76 bits per heavy atom. The molecule has 0 aliphatic carbocycles. The summed E-state index contributed by atoms with van der Waals surface area (Å²) in [5, 5.41) is 3.09. The molecule has 2 rings (SSSR count). The fraction of sp³-hybridized carbons (Fsp3) is 0.600. The fourth-order valence-electron chi connectivity index (χ4n) is 2.90. The molecule has 0 bridgehead atoms. The molecule has 5 nitrogen and oxygen atoms in total. The first-order valence-electron chi connectivity index (χ1n) is 8.99. The van der Waals surface area contributed by atoms with Crippen LogP contribution in [0.15, 0.2) is 24.3 Å². The normalized spacial score (nSPS) is 15.8. The van der Waals surface area contributed by atoms with Gasteiger partial charge in [-0.25, -0.2) is 0 Å². The quantitative estimate of drug-likeness (QED) is 0.892. The number of benzene rings is 1. The van der Waals surface area contributed by atoms with Crippen LogP contribution in [0.3, 0.4) is 0 Å². The van der Waals surface area contributed by atoms with Gasteiger partial charge < -0.3 is 15.0 Å². The van der Waals surface area contributed by atoms with E-state index in [-0.39, 0.29) is 29.9 Å². The van der Waals surface area contributed by atoms with Crippen LogP contribution >= 0.6 is 0 Å². The molecule has 2 amide bonds. The number of carbonyl (C=O) groups is 2. The highest BCUT2D eigenvalue weighted by atomic mass is 16.5. The molecular formula is C20H30N2O3. The lowest BCUT2D eigenvalue weighted by Gasteiger charge is -2.33. The summed E-state index contributed by atoms with van der Waals surface area (Å²) in [6, 6.07) is 7.84. The second kappa shape index (κ2) is 8.37. The Bertz CT molecular complexity index is 582. The standard InChI is InChI=1S/C20H30N2O3/c1-15-5-7-17(8-6-15)25-14-19(24)22-11-9-16(10-12-22)21-18(23)13-20(2,3)4/h5-8,16H,9-14H2,1-4H3,(H,21,23). The van der Waals surface area contributed by atoms with Crippen molar-refractivity contribution >= 4 is 11.8 Å². The van der Waals surface area contributed by atoms with Crippen LogP contribution in [0.25, 0.3) is 0 Å². The maximum Gasteiger partial charge on any atom is 0.260 e. The number of rotatable bonds is 5. The molecule has 0 atom stereocenters. The van der Waals surface area contributed by atoms with E-state index in [4.69, 9.17) is 4.74 Å². The van der Waals surface area contributed by atoms with Crippen molar-refractivity contribution in [2.75, 3.05) is 19.7 Å². The Morgan fingerprint density at radius 3 is 2.32 bits per heavy atom. The number of nitrogens with zero attached hydrogens (tertiary/aromatic N) is 1. The average Bonchev–Trinajstić information content (AvgIpc) is 2.53. The summed E-state index contributed by atoms with van der Waals surface area (Å²) in [5.74, 6) is 0.809. The van der Waals surface area contributed by atoms with E-state index < -0.39 is 0 Å². The van der Waals surface area contributed by atoms with Crippen LogP contribution < -0.4 is 10.1 Å². The van der Waals surface area contributed by atoms with Gasteiger partial charge in [-0.2, -0.15) is 0 Å². The monoisotopic (exact) mass is 346 g/mol. The number of ether oxygens (including phenoxy) is 1. The van der Waals surface area contributed by atoms with Crippen LogP contribution in [0.2, 0.25) is 0 Å². The van der Waals surface area contributed by atoms with Crippen molar-refractivity contribution in [1.82, 2.24) is 10.2 Å². The molecule has 1 aromatic rings. The van der Waals surface area contributed by atoms with Gasteiger partial charge in [-0.15, -0.1) is 0 Å². The summed E-state index contributed by atoms with van der Waals surface area (Å²) < 4.78 is 5.56. The Kier molecular flexibility index (Phi) is 6.45. The van der Waals surface area contributed by atoms with Gasteiger partial charge in [-0.05, 0) is 37.3 Å². The SMILES string of the molecule is Cc1ccc(OCC(=O)N2CCC(NC(=O)CC(C)(C)C)CC2)cc1. The molecule has 1 aliphatic heterocycles. The Balaban J connectivity index is 1.71. The Labute approximate surface area is 150 Å². The van der Waals surface area contributed by atoms with E-state index in [1.165, 1.54) is 0 Å². The minimum atomic E-state index is -0.00588. The third kappa shape index (κ3) is 6.77. The smallest absolute Gasteiger partial charge is 0.260 e. The van der Waals surface area contributed by atoms with Crippen molar-refractivity contribution in [3.8, 4) is 5.75 Å². The summed E-state index contributed by atoms with van der Waals surface area (Å²) >= 11 is 0. The van der Waals surface area contributed by atoms with Crippen LogP contribution in [-0.2, 0) is 9.59 Å². The number of hydrogen-bond acceptors (Lipinski definition) is 3. The van der Waals surface area contributed by atoms with E-state index in [0.717, 1.165) is 18.4 Å². The zero-order valence-electron chi connectivity index (χ0n) is 15.8. The predicted octanol–water partition coefficient (Wildman–Crippen LogP) is 2.92.